The van der Waals surface area contributed by atoms with Crippen LogP contribution in [-0.4, -0.2) is 17.8 Å². The Hall–Kier alpha value is -0.930. The Bertz CT molecular complexity index is 315. The summed E-state index contributed by atoms with van der Waals surface area (Å²) in [5, 5.41) is 12.4. The van der Waals surface area contributed by atoms with E-state index in [1.165, 1.54) is 6.07 Å². The third kappa shape index (κ3) is 4.73. The lowest BCUT2D eigenvalue weighted by Gasteiger charge is -2.14. The molecule has 0 saturated heterocycles. The molecular weight excluding hydrogens is 205 g/mol. The Morgan fingerprint density at radius 2 is 2.00 bits per heavy atom. The summed E-state index contributed by atoms with van der Waals surface area (Å²) in [5.74, 6) is 0.227. The highest BCUT2D eigenvalue weighted by Crippen LogP contribution is 2.07. The highest BCUT2D eigenvalue weighted by Gasteiger charge is 2.06. The lowest BCUT2D eigenvalue weighted by atomic mass is 10.0. The van der Waals surface area contributed by atoms with Crippen LogP contribution in [0.3, 0.4) is 0 Å². The minimum Gasteiger partial charge on any atom is -0.393 e. The van der Waals surface area contributed by atoms with E-state index in [-0.39, 0.29) is 11.9 Å². The average molecular weight is 225 g/mol. The molecule has 0 aromatic heterocycles. The van der Waals surface area contributed by atoms with E-state index in [2.05, 4.69) is 12.2 Å². The Kier molecular flexibility index (Phi) is 5.43. The minimum absolute atomic E-state index is 0.168. The average Bonchev–Trinajstić information content (AvgIpc) is 2.19. The maximum Gasteiger partial charge on any atom is 0.127 e. The van der Waals surface area contributed by atoms with Gasteiger partial charge in [0.05, 0.1) is 6.10 Å². The molecule has 3 heteroatoms. The molecule has 0 heterocycles. The maximum atomic E-state index is 13.2. The molecule has 1 aromatic rings. The van der Waals surface area contributed by atoms with Crippen molar-refractivity contribution in [2.45, 2.75) is 32.9 Å². The van der Waals surface area contributed by atoms with Crippen LogP contribution in [-0.2, 0) is 6.54 Å². The van der Waals surface area contributed by atoms with Crippen LogP contribution in [0.25, 0.3) is 0 Å². The Balaban J connectivity index is 2.28. The second kappa shape index (κ2) is 6.61. The van der Waals surface area contributed by atoms with Crippen LogP contribution in [0.1, 0.15) is 25.8 Å². The number of halogens is 1. The van der Waals surface area contributed by atoms with Gasteiger partial charge in [0, 0.05) is 12.1 Å². The fourth-order valence-electron chi connectivity index (χ4n) is 1.76. The standard InChI is InChI=1S/C13H20FNO/c1-10(7-11(2)16)8-15-9-12-5-3-4-6-13(12)14/h3-6,10-11,15-16H,7-9H2,1-2H3. The number of aliphatic hydroxyl groups is 1. The zero-order valence-electron chi connectivity index (χ0n) is 9.91. The number of hydrogen-bond acceptors (Lipinski definition) is 2. The molecule has 0 fully saturated rings. The van der Waals surface area contributed by atoms with Crippen LogP contribution in [0, 0.1) is 11.7 Å². The molecule has 2 atom stereocenters. The SMILES string of the molecule is CC(O)CC(C)CNCc1ccccc1F. The Morgan fingerprint density at radius 3 is 2.62 bits per heavy atom. The number of hydrogen-bond donors (Lipinski definition) is 2. The molecule has 1 rings (SSSR count). The molecular formula is C13H20FNO. The van der Waals surface area contributed by atoms with E-state index < -0.39 is 0 Å². The normalized spacial score (nSPS) is 14.8. The van der Waals surface area contributed by atoms with Crippen molar-refractivity contribution < 1.29 is 9.50 Å². The van der Waals surface area contributed by atoms with Crippen molar-refractivity contribution in [1.29, 1.82) is 0 Å². The third-order valence-corrected chi connectivity index (χ3v) is 2.51. The third-order valence-electron chi connectivity index (χ3n) is 2.51. The molecule has 0 saturated carbocycles. The van der Waals surface area contributed by atoms with Gasteiger partial charge in [0.2, 0.25) is 0 Å². The summed E-state index contributed by atoms with van der Waals surface area (Å²) in [6, 6.07) is 6.77. The van der Waals surface area contributed by atoms with Gasteiger partial charge in [-0.1, -0.05) is 25.1 Å². The molecule has 0 aliphatic heterocycles. The van der Waals surface area contributed by atoms with Crippen LogP contribution in [0.15, 0.2) is 24.3 Å². The van der Waals surface area contributed by atoms with E-state index in [0.717, 1.165) is 13.0 Å². The van der Waals surface area contributed by atoms with Gasteiger partial charge >= 0.3 is 0 Å². The van der Waals surface area contributed by atoms with E-state index in [1.807, 2.05) is 6.07 Å². The lowest BCUT2D eigenvalue weighted by Crippen LogP contribution is -2.23. The van der Waals surface area contributed by atoms with Crippen LogP contribution >= 0.6 is 0 Å². The summed E-state index contributed by atoms with van der Waals surface area (Å²) in [4.78, 5) is 0. The molecule has 16 heavy (non-hydrogen) atoms. The second-order valence-electron chi connectivity index (χ2n) is 4.41. The van der Waals surface area contributed by atoms with E-state index in [9.17, 15) is 9.50 Å². The summed E-state index contributed by atoms with van der Waals surface area (Å²) in [5.41, 5.74) is 0.687. The highest BCUT2D eigenvalue weighted by atomic mass is 19.1. The van der Waals surface area contributed by atoms with Gasteiger partial charge in [0.15, 0.2) is 0 Å². The molecule has 0 spiro atoms. The number of aliphatic hydroxyl groups excluding tert-OH is 1. The molecule has 0 bridgehead atoms. The van der Waals surface area contributed by atoms with Crippen molar-refractivity contribution in [1.82, 2.24) is 5.32 Å². The van der Waals surface area contributed by atoms with Crippen molar-refractivity contribution in [3.05, 3.63) is 35.6 Å². The molecule has 0 radical (unpaired) electrons. The van der Waals surface area contributed by atoms with Crippen molar-refractivity contribution >= 4 is 0 Å². The minimum atomic E-state index is -0.273. The fraction of sp³-hybridized carbons (Fsp3) is 0.538. The molecule has 2 N–H and O–H groups in total. The van der Waals surface area contributed by atoms with Gasteiger partial charge in [-0.05, 0) is 31.9 Å². The molecule has 90 valence electrons. The first kappa shape index (κ1) is 13.1. The second-order valence-corrected chi connectivity index (χ2v) is 4.41. The van der Waals surface area contributed by atoms with Crippen molar-refractivity contribution in [3.63, 3.8) is 0 Å². The van der Waals surface area contributed by atoms with Gasteiger partial charge < -0.3 is 10.4 Å². The molecule has 0 aliphatic rings. The zero-order chi connectivity index (χ0) is 12.0. The zero-order valence-corrected chi connectivity index (χ0v) is 9.91. The Labute approximate surface area is 96.5 Å². The maximum absolute atomic E-state index is 13.2. The van der Waals surface area contributed by atoms with E-state index in [4.69, 9.17) is 0 Å². The first-order valence-corrected chi connectivity index (χ1v) is 5.71. The lowest BCUT2D eigenvalue weighted by molar-refractivity contribution is 0.163. The fourth-order valence-corrected chi connectivity index (χ4v) is 1.76. The van der Waals surface area contributed by atoms with Crippen LogP contribution in [0.2, 0.25) is 0 Å². The largest absolute Gasteiger partial charge is 0.393 e. The topological polar surface area (TPSA) is 32.3 Å². The predicted octanol–water partition coefficient (Wildman–Crippen LogP) is 2.32. The summed E-state index contributed by atoms with van der Waals surface area (Å²) in [6.07, 6.45) is 0.495. The van der Waals surface area contributed by atoms with Gasteiger partial charge in [-0.3, -0.25) is 0 Å². The van der Waals surface area contributed by atoms with E-state index in [1.54, 1.807) is 19.1 Å². The molecule has 2 nitrogen and oxygen atoms in total. The first-order valence-electron chi connectivity index (χ1n) is 5.71. The van der Waals surface area contributed by atoms with Crippen LogP contribution in [0.5, 0.6) is 0 Å². The molecule has 0 amide bonds. The van der Waals surface area contributed by atoms with Crippen LogP contribution in [0.4, 0.5) is 4.39 Å². The molecule has 0 aliphatic carbocycles. The van der Waals surface area contributed by atoms with Gasteiger partial charge in [0.1, 0.15) is 5.82 Å². The number of nitrogens with one attached hydrogen (secondary N) is 1. The Morgan fingerprint density at radius 1 is 1.31 bits per heavy atom. The van der Waals surface area contributed by atoms with Crippen molar-refractivity contribution in [2.24, 2.45) is 5.92 Å². The van der Waals surface area contributed by atoms with Gasteiger partial charge in [-0.25, -0.2) is 4.39 Å². The van der Waals surface area contributed by atoms with Gasteiger partial charge in [0.25, 0.3) is 0 Å². The summed E-state index contributed by atoms with van der Waals surface area (Å²) in [6.45, 7) is 5.19. The first-order chi connectivity index (χ1) is 7.59. The molecule has 1 aromatic carbocycles. The summed E-state index contributed by atoms with van der Waals surface area (Å²) < 4.78 is 13.2. The highest BCUT2D eigenvalue weighted by molar-refractivity contribution is 5.16. The van der Waals surface area contributed by atoms with Crippen molar-refractivity contribution in [3.8, 4) is 0 Å². The monoisotopic (exact) mass is 225 g/mol. The van der Waals surface area contributed by atoms with Crippen LogP contribution < -0.4 is 5.32 Å². The molecule has 2 unspecified atom stereocenters. The smallest absolute Gasteiger partial charge is 0.127 e. The van der Waals surface area contributed by atoms with Gasteiger partial charge in [-0.2, -0.15) is 0 Å². The summed E-state index contributed by atoms with van der Waals surface area (Å²) in [7, 11) is 0. The van der Waals surface area contributed by atoms with E-state index >= 15 is 0 Å². The van der Waals surface area contributed by atoms with E-state index in [0.29, 0.717) is 18.0 Å². The van der Waals surface area contributed by atoms with Gasteiger partial charge in [-0.15, -0.1) is 0 Å². The quantitative estimate of drug-likeness (QED) is 0.778. The summed E-state index contributed by atoms with van der Waals surface area (Å²) >= 11 is 0. The van der Waals surface area contributed by atoms with Crippen molar-refractivity contribution in [2.75, 3.05) is 6.54 Å². The number of benzene rings is 1. The predicted molar refractivity (Wildman–Crippen MR) is 63.6 cm³/mol. The number of rotatable bonds is 6.